The van der Waals surface area contributed by atoms with Gasteiger partial charge in [0.2, 0.25) is 0 Å². The molecular weight excluding hydrogens is 230 g/mol. The largest absolute Gasteiger partial charge is 0.250 e. The third-order valence-electron chi connectivity index (χ3n) is 3.71. The van der Waals surface area contributed by atoms with E-state index in [4.69, 9.17) is 0 Å². The number of hydrogen-bond acceptors (Lipinski definition) is 4. The molecule has 0 aromatic carbocycles. The summed E-state index contributed by atoms with van der Waals surface area (Å²) in [5.41, 5.74) is 6.76. The minimum absolute atomic E-state index is 0.366. The number of thiazole rings is 1. The highest BCUT2D eigenvalue weighted by atomic mass is 32.1. The summed E-state index contributed by atoms with van der Waals surface area (Å²) >= 11 is 1.75. The van der Waals surface area contributed by atoms with Crippen LogP contribution in [0.15, 0.2) is 5.51 Å². The molecule has 3 unspecified atom stereocenters. The fourth-order valence-corrected chi connectivity index (χ4v) is 3.49. The smallest absolute Gasteiger partial charge is 0.0798 e. The van der Waals surface area contributed by atoms with Gasteiger partial charge in [-0.3, -0.25) is 0 Å². The van der Waals surface area contributed by atoms with Crippen molar-refractivity contribution in [2.75, 3.05) is 0 Å². The van der Waals surface area contributed by atoms with Gasteiger partial charge in [0.25, 0.3) is 0 Å². The van der Waals surface area contributed by atoms with Crippen molar-refractivity contribution in [2.24, 2.45) is 0 Å². The van der Waals surface area contributed by atoms with Crippen molar-refractivity contribution >= 4 is 11.3 Å². The molecule has 3 atom stereocenters. The highest BCUT2D eigenvalue weighted by molar-refractivity contribution is 7.09. The first-order chi connectivity index (χ1) is 8.09. The number of aryl methyl sites for hydroxylation is 1. The van der Waals surface area contributed by atoms with E-state index in [-0.39, 0.29) is 0 Å². The number of nitrogens with one attached hydrogen (secondary N) is 1. The van der Waals surface area contributed by atoms with Gasteiger partial charge < -0.3 is 0 Å². The van der Waals surface area contributed by atoms with Gasteiger partial charge in [0.05, 0.1) is 17.2 Å². The molecule has 0 radical (unpaired) electrons. The third-order valence-corrected chi connectivity index (χ3v) is 4.83. The second-order valence-corrected chi connectivity index (χ2v) is 6.08. The topological polar surface area (TPSA) is 28.2 Å². The summed E-state index contributed by atoms with van der Waals surface area (Å²) in [7, 11) is 0. The van der Waals surface area contributed by atoms with Crippen LogP contribution in [0.3, 0.4) is 0 Å². The van der Waals surface area contributed by atoms with Crippen LogP contribution in [0.5, 0.6) is 0 Å². The molecule has 1 aromatic heterocycles. The fourth-order valence-electron chi connectivity index (χ4n) is 2.68. The number of rotatable bonds is 3. The van der Waals surface area contributed by atoms with Crippen molar-refractivity contribution in [1.82, 2.24) is 15.4 Å². The molecule has 96 valence electrons. The summed E-state index contributed by atoms with van der Waals surface area (Å²) in [6, 6.07) is 1.63. The fraction of sp³-hybridized carbons (Fsp3) is 0.769. The zero-order chi connectivity index (χ0) is 12.4. The average Bonchev–Trinajstić information content (AvgIpc) is 2.70. The van der Waals surface area contributed by atoms with Gasteiger partial charge in [0.1, 0.15) is 0 Å². The van der Waals surface area contributed by atoms with Gasteiger partial charge in [0.15, 0.2) is 0 Å². The molecule has 1 aliphatic heterocycles. The van der Waals surface area contributed by atoms with Crippen molar-refractivity contribution in [2.45, 2.75) is 65.1 Å². The highest BCUT2D eigenvalue weighted by Gasteiger charge is 2.26. The summed E-state index contributed by atoms with van der Waals surface area (Å²) < 4.78 is 0. The molecule has 0 amide bonds. The van der Waals surface area contributed by atoms with Crippen molar-refractivity contribution in [1.29, 1.82) is 0 Å². The normalized spacial score (nSPS) is 28.2. The summed E-state index contributed by atoms with van der Waals surface area (Å²) in [4.78, 5) is 5.69. The maximum atomic E-state index is 4.33. The number of hydrogen-bond donors (Lipinski definition) is 1. The lowest BCUT2D eigenvalue weighted by Crippen LogP contribution is -2.52. The molecule has 17 heavy (non-hydrogen) atoms. The molecule has 2 heterocycles. The Morgan fingerprint density at radius 3 is 2.59 bits per heavy atom. The lowest BCUT2D eigenvalue weighted by Gasteiger charge is -2.40. The van der Waals surface area contributed by atoms with Gasteiger partial charge in [-0.2, -0.15) is 0 Å². The highest BCUT2D eigenvalue weighted by Crippen LogP contribution is 2.25. The van der Waals surface area contributed by atoms with Crippen LogP contribution in [0.25, 0.3) is 0 Å². The van der Waals surface area contributed by atoms with Crippen molar-refractivity contribution in [3.05, 3.63) is 16.1 Å². The number of piperidine rings is 1. The molecule has 1 aromatic rings. The second-order valence-electron chi connectivity index (χ2n) is 5.19. The van der Waals surface area contributed by atoms with Crippen LogP contribution >= 0.6 is 11.3 Å². The van der Waals surface area contributed by atoms with E-state index in [1.807, 2.05) is 5.51 Å². The van der Waals surface area contributed by atoms with Gasteiger partial charge in [-0.05, 0) is 40.5 Å². The molecular formula is C13H23N3S. The number of nitrogens with zero attached hydrogens (tertiary/aromatic N) is 2. The minimum Gasteiger partial charge on any atom is -0.250 e. The molecule has 4 heteroatoms. The first-order valence-electron chi connectivity index (χ1n) is 6.54. The van der Waals surface area contributed by atoms with E-state index >= 15 is 0 Å². The maximum Gasteiger partial charge on any atom is 0.0798 e. The Kier molecular flexibility index (Phi) is 4.17. The zero-order valence-corrected chi connectivity index (χ0v) is 12.0. The monoisotopic (exact) mass is 253 g/mol. The molecule has 1 aliphatic rings. The average molecular weight is 253 g/mol. The molecule has 0 saturated carbocycles. The van der Waals surface area contributed by atoms with Gasteiger partial charge in [-0.1, -0.05) is 6.42 Å². The van der Waals surface area contributed by atoms with Crippen LogP contribution in [0.4, 0.5) is 0 Å². The Morgan fingerprint density at radius 1 is 1.41 bits per heavy atom. The maximum absolute atomic E-state index is 4.33. The van der Waals surface area contributed by atoms with Crippen molar-refractivity contribution < 1.29 is 0 Å². The van der Waals surface area contributed by atoms with E-state index in [2.05, 4.69) is 43.1 Å². The first-order valence-corrected chi connectivity index (χ1v) is 7.42. The lowest BCUT2D eigenvalue weighted by atomic mass is 10.00. The van der Waals surface area contributed by atoms with E-state index < -0.39 is 0 Å². The molecule has 0 aliphatic carbocycles. The number of hydrazine groups is 1. The predicted octanol–water partition coefficient (Wildman–Crippen LogP) is 3.28. The van der Waals surface area contributed by atoms with Crippen LogP contribution in [0.2, 0.25) is 0 Å². The molecule has 2 rings (SSSR count). The van der Waals surface area contributed by atoms with Gasteiger partial charge in [-0.25, -0.2) is 15.4 Å². The molecule has 0 spiro atoms. The van der Waals surface area contributed by atoms with E-state index in [1.54, 1.807) is 11.3 Å². The van der Waals surface area contributed by atoms with Crippen LogP contribution in [-0.2, 0) is 0 Å². The van der Waals surface area contributed by atoms with Gasteiger partial charge in [-0.15, -0.1) is 11.3 Å². The minimum atomic E-state index is 0.366. The van der Waals surface area contributed by atoms with Crippen molar-refractivity contribution in [3.63, 3.8) is 0 Å². The standard InChI is InChI=1S/C13H23N3S/c1-9-6-5-7-10(2)16(9)15-12(4)13-11(3)14-8-17-13/h8-10,12,15H,5-7H2,1-4H3. The molecule has 0 bridgehead atoms. The Balaban J connectivity index is 2.02. The van der Waals surface area contributed by atoms with Gasteiger partial charge >= 0.3 is 0 Å². The zero-order valence-electron chi connectivity index (χ0n) is 11.2. The van der Waals surface area contributed by atoms with Crippen LogP contribution in [0, 0.1) is 6.92 Å². The van der Waals surface area contributed by atoms with Crippen LogP contribution in [0.1, 0.15) is 56.6 Å². The summed E-state index contributed by atoms with van der Waals surface area (Å²) in [6.07, 6.45) is 3.95. The van der Waals surface area contributed by atoms with E-state index in [0.717, 1.165) is 5.69 Å². The first kappa shape index (κ1) is 13.0. The van der Waals surface area contributed by atoms with E-state index in [0.29, 0.717) is 18.1 Å². The van der Waals surface area contributed by atoms with Crippen LogP contribution in [-0.4, -0.2) is 22.1 Å². The third kappa shape index (κ3) is 2.87. The van der Waals surface area contributed by atoms with Crippen molar-refractivity contribution in [3.8, 4) is 0 Å². The summed E-state index contributed by atoms with van der Waals surface area (Å²) in [6.45, 7) is 8.95. The predicted molar refractivity (Wildman–Crippen MR) is 73.0 cm³/mol. The van der Waals surface area contributed by atoms with Crippen LogP contribution < -0.4 is 5.43 Å². The Morgan fingerprint density at radius 2 is 2.06 bits per heavy atom. The Hall–Kier alpha value is -0.450. The molecule has 3 nitrogen and oxygen atoms in total. The molecule has 1 saturated heterocycles. The molecule has 1 fully saturated rings. The van der Waals surface area contributed by atoms with Gasteiger partial charge in [0, 0.05) is 17.0 Å². The number of aromatic nitrogens is 1. The van der Waals surface area contributed by atoms with E-state index in [1.165, 1.54) is 24.1 Å². The second kappa shape index (κ2) is 5.46. The molecule has 1 N–H and O–H groups in total. The summed E-state index contributed by atoms with van der Waals surface area (Å²) in [5, 5.41) is 2.44. The quantitative estimate of drug-likeness (QED) is 0.896. The summed E-state index contributed by atoms with van der Waals surface area (Å²) in [5.74, 6) is 0. The van der Waals surface area contributed by atoms with E-state index in [9.17, 15) is 0 Å². The Bertz CT molecular complexity index is 353. The SMILES string of the molecule is Cc1ncsc1C(C)NN1C(C)CCCC1C. The Labute approximate surface area is 108 Å². The lowest BCUT2D eigenvalue weighted by molar-refractivity contribution is 0.0324.